The summed E-state index contributed by atoms with van der Waals surface area (Å²) in [6.45, 7) is 2.50. The Morgan fingerprint density at radius 3 is 2.10 bits per heavy atom. The second kappa shape index (κ2) is 6.57. The number of hydrogen-bond acceptors (Lipinski definition) is 3. The molecule has 2 aromatic carbocycles. The van der Waals surface area contributed by atoms with Crippen LogP contribution in [0, 0.1) is 0 Å². The molecule has 3 heteroatoms. The Morgan fingerprint density at radius 1 is 1.05 bits per heavy atom. The van der Waals surface area contributed by atoms with Crippen molar-refractivity contribution < 1.29 is 14.6 Å². The van der Waals surface area contributed by atoms with Gasteiger partial charge >= 0.3 is 0 Å². The molecule has 102 valence electrons. The summed E-state index contributed by atoms with van der Waals surface area (Å²) in [6, 6.07) is 14.3. The fourth-order valence-corrected chi connectivity index (χ4v) is 1.78. The largest absolute Gasteiger partial charge is 0.545 e. The van der Waals surface area contributed by atoms with E-state index < -0.39 is 5.97 Å². The van der Waals surface area contributed by atoms with Gasteiger partial charge in [-0.3, -0.25) is 0 Å². The van der Waals surface area contributed by atoms with E-state index in [0.29, 0.717) is 6.61 Å². The lowest BCUT2D eigenvalue weighted by atomic mass is 10.0. The van der Waals surface area contributed by atoms with E-state index in [2.05, 4.69) is 0 Å². The molecule has 2 rings (SSSR count). The van der Waals surface area contributed by atoms with Gasteiger partial charge in [-0.25, -0.2) is 0 Å². The fraction of sp³-hybridized carbons (Fsp3) is 0.118. The van der Waals surface area contributed by atoms with Crippen molar-refractivity contribution in [1.82, 2.24) is 0 Å². The highest BCUT2D eigenvalue weighted by molar-refractivity contribution is 5.86. The highest BCUT2D eigenvalue weighted by Crippen LogP contribution is 2.22. The Balaban J connectivity index is 2.11. The molecular formula is C17H15O3-. The molecule has 0 bridgehead atoms. The molecule has 0 aliphatic carbocycles. The van der Waals surface area contributed by atoms with Crippen LogP contribution in [0.15, 0.2) is 60.7 Å². The van der Waals surface area contributed by atoms with E-state index in [1.807, 2.05) is 43.3 Å². The van der Waals surface area contributed by atoms with Crippen LogP contribution >= 0.6 is 0 Å². The van der Waals surface area contributed by atoms with Gasteiger partial charge in [0.05, 0.1) is 5.97 Å². The van der Waals surface area contributed by atoms with Gasteiger partial charge in [0.2, 0.25) is 0 Å². The maximum absolute atomic E-state index is 10.7. The molecule has 0 aliphatic rings. The van der Waals surface area contributed by atoms with Crippen molar-refractivity contribution in [1.29, 1.82) is 0 Å². The van der Waals surface area contributed by atoms with Gasteiger partial charge in [0.1, 0.15) is 12.4 Å². The summed E-state index contributed by atoms with van der Waals surface area (Å²) < 4.78 is 5.52. The highest BCUT2D eigenvalue weighted by atomic mass is 16.5. The van der Waals surface area contributed by atoms with Crippen molar-refractivity contribution in [2.75, 3.05) is 6.61 Å². The topological polar surface area (TPSA) is 49.4 Å². The third-order valence-electron chi connectivity index (χ3n) is 2.89. The molecule has 2 aromatic rings. The van der Waals surface area contributed by atoms with Crippen molar-refractivity contribution in [3.63, 3.8) is 0 Å². The summed E-state index contributed by atoms with van der Waals surface area (Å²) in [5, 5.41) is 10.7. The van der Waals surface area contributed by atoms with Gasteiger partial charge in [-0.15, -0.1) is 0 Å². The van der Waals surface area contributed by atoms with Crippen LogP contribution in [0.3, 0.4) is 0 Å². The van der Waals surface area contributed by atoms with Gasteiger partial charge in [-0.05, 0) is 35.7 Å². The van der Waals surface area contributed by atoms with Crippen LogP contribution in [0.2, 0.25) is 0 Å². The third-order valence-corrected chi connectivity index (χ3v) is 2.89. The van der Waals surface area contributed by atoms with E-state index >= 15 is 0 Å². The molecule has 0 heterocycles. The summed E-state index contributed by atoms with van der Waals surface area (Å²) in [7, 11) is 0. The first-order chi connectivity index (χ1) is 9.70. The molecule has 3 nitrogen and oxygen atoms in total. The summed E-state index contributed by atoms with van der Waals surface area (Å²) in [5.41, 5.74) is 2.14. The predicted octanol–water partition coefficient (Wildman–Crippen LogP) is 2.67. The van der Waals surface area contributed by atoms with Crippen LogP contribution in [0.25, 0.3) is 11.1 Å². The first-order valence-electron chi connectivity index (χ1n) is 6.36. The van der Waals surface area contributed by atoms with Crippen LogP contribution in [0.4, 0.5) is 0 Å². The Labute approximate surface area is 118 Å². The van der Waals surface area contributed by atoms with Crippen LogP contribution < -0.4 is 9.84 Å². The van der Waals surface area contributed by atoms with Crippen molar-refractivity contribution in [2.24, 2.45) is 0 Å². The molecule has 0 saturated carbocycles. The highest BCUT2D eigenvalue weighted by Gasteiger charge is 1.99. The van der Waals surface area contributed by atoms with Crippen molar-refractivity contribution >= 4 is 5.97 Å². The van der Waals surface area contributed by atoms with Gasteiger partial charge in [0.25, 0.3) is 0 Å². The average molecular weight is 267 g/mol. The second-order valence-corrected chi connectivity index (χ2v) is 4.27. The molecule has 0 spiro atoms. The summed E-state index contributed by atoms with van der Waals surface area (Å²) in [6.07, 6.45) is 3.87. The van der Waals surface area contributed by atoms with Crippen LogP contribution in [-0.4, -0.2) is 12.6 Å². The molecule has 0 atom stereocenters. The minimum atomic E-state index is -1.16. The van der Waals surface area contributed by atoms with E-state index in [4.69, 9.17) is 4.74 Å². The SMILES string of the molecule is C/C=C/COc1ccc(-c2ccc(C(=O)[O-])cc2)cc1. The first-order valence-corrected chi connectivity index (χ1v) is 6.36. The fourth-order valence-electron chi connectivity index (χ4n) is 1.78. The molecule has 20 heavy (non-hydrogen) atoms. The van der Waals surface area contributed by atoms with E-state index in [-0.39, 0.29) is 5.56 Å². The minimum Gasteiger partial charge on any atom is -0.545 e. The molecule has 0 fully saturated rings. The smallest absolute Gasteiger partial charge is 0.119 e. The Kier molecular flexibility index (Phi) is 4.56. The molecular weight excluding hydrogens is 252 g/mol. The quantitative estimate of drug-likeness (QED) is 0.782. The van der Waals surface area contributed by atoms with Crippen molar-refractivity contribution in [3.05, 3.63) is 66.2 Å². The van der Waals surface area contributed by atoms with Gasteiger partial charge < -0.3 is 14.6 Å². The third kappa shape index (κ3) is 3.48. The number of hydrogen-bond donors (Lipinski definition) is 0. The lowest BCUT2D eigenvalue weighted by Crippen LogP contribution is -2.21. The monoisotopic (exact) mass is 267 g/mol. The maximum Gasteiger partial charge on any atom is 0.119 e. The van der Waals surface area contributed by atoms with Gasteiger partial charge in [0.15, 0.2) is 0 Å². The van der Waals surface area contributed by atoms with Gasteiger partial charge in [0, 0.05) is 0 Å². The summed E-state index contributed by atoms with van der Waals surface area (Å²) >= 11 is 0. The molecule has 0 N–H and O–H groups in total. The standard InChI is InChI=1S/C17H16O3/c1-2-3-12-20-16-10-8-14(9-11-16)13-4-6-15(7-5-13)17(18)19/h2-11H,12H2,1H3,(H,18,19)/p-1/b3-2+. The number of carbonyl (C=O) groups is 1. The normalized spacial score (nSPS) is 10.7. The molecule has 0 saturated heterocycles. The van der Waals surface area contributed by atoms with Gasteiger partial charge in [-0.2, -0.15) is 0 Å². The second-order valence-electron chi connectivity index (χ2n) is 4.27. The number of carboxylic acids is 1. The predicted molar refractivity (Wildman–Crippen MR) is 76.5 cm³/mol. The van der Waals surface area contributed by atoms with E-state index in [1.165, 1.54) is 0 Å². The number of aromatic carboxylic acids is 1. The summed E-state index contributed by atoms with van der Waals surface area (Å²) in [4.78, 5) is 10.7. The maximum atomic E-state index is 10.7. The van der Waals surface area contributed by atoms with Crippen LogP contribution in [-0.2, 0) is 0 Å². The Hall–Kier alpha value is -2.55. The zero-order valence-corrected chi connectivity index (χ0v) is 11.2. The first kappa shape index (κ1) is 13.9. The number of benzene rings is 2. The number of ether oxygens (including phenoxy) is 1. The van der Waals surface area contributed by atoms with E-state index in [1.54, 1.807) is 24.3 Å². The molecule has 0 aliphatic heterocycles. The average Bonchev–Trinajstić information content (AvgIpc) is 2.48. The van der Waals surface area contributed by atoms with E-state index in [9.17, 15) is 9.90 Å². The van der Waals surface area contributed by atoms with Crippen molar-refractivity contribution in [2.45, 2.75) is 6.92 Å². The lowest BCUT2D eigenvalue weighted by molar-refractivity contribution is -0.255. The zero-order valence-electron chi connectivity index (χ0n) is 11.2. The number of carboxylic acid groups (broad SMARTS) is 1. The number of rotatable bonds is 5. The van der Waals surface area contributed by atoms with Gasteiger partial charge in [-0.1, -0.05) is 48.6 Å². The van der Waals surface area contributed by atoms with Crippen LogP contribution in [0.1, 0.15) is 17.3 Å². The molecule has 0 unspecified atom stereocenters. The Bertz CT molecular complexity index is 595. The minimum absolute atomic E-state index is 0.181. The Morgan fingerprint density at radius 2 is 1.60 bits per heavy atom. The number of carbonyl (C=O) groups excluding carboxylic acids is 1. The van der Waals surface area contributed by atoms with Crippen LogP contribution in [0.5, 0.6) is 5.75 Å². The summed E-state index contributed by atoms with van der Waals surface area (Å²) in [5.74, 6) is -0.359. The zero-order chi connectivity index (χ0) is 14.4. The van der Waals surface area contributed by atoms with E-state index in [0.717, 1.165) is 16.9 Å². The molecule has 0 amide bonds. The molecule has 0 radical (unpaired) electrons. The lowest BCUT2D eigenvalue weighted by Gasteiger charge is -2.07. The van der Waals surface area contributed by atoms with Crippen molar-refractivity contribution in [3.8, 4) is 16.9 Å². The molecule has 0 aromatic heterocycles. The number of allylic oxidation sites excluding steroid dienone is 1.